The second kappa shape index (κ2) is 33.3. The van der Waals surface area contributed by atoms with E-state index in [1.54, 1.807) is 0 Å². The second-order valence-electron chi connectivity index (χ2n) is 13.4. The van der Waals surface area contributed by atoms with Crippen LogP contribution in [0.4, 0.5) is 0 Å². The highest BCUT2D eigenvalue weighted by atomic mass is 79.9. The first kappa shape index (κ1) is 43.5. The summed E-state index contributed by atoms with van der Waals surface area (Å²) in [6.45, 7) is 20.9. The highest BCUT2D eigenvalue weighted by Crippen LogP contribution is 2.33. The van der Waals surface area contributed by atoms with Crippen LogP contribution in [0.3, 0.4) is 0 Å². The van der Waals surface area contributed by atoms with Gasteiger partial charge in [0.2, 0.25) is 0 Å². The highest BCUT2D eigenvalue weighted by Gasteiger charge is 2.37. The molecule has 3 heteroatoms. The van der Waals surface area contributed by atoms with E-state index < -0.39 is 0 Å². The van der Waals surface area contributed by atoms with Gasteiger partial charge in [-0.05, 0) is 64.7 Å². The van der Waals surface area contributed by atoms with Crippen molar-refractivity contribution in [3.8, 4) is 0 Å². The molecule has 0 amide bonds. The van der Waals surface area contributed by atoms with Gasteiger partial charge >= 0.3 is 0 Å². The molecule has 0 aliphatic carbocycles. The average Bonchev–Trinajstić information content (AvgIpc) is 2.96. The van der Waals surface area contributed by atoms with Crippen LogP contribution in [0, 0.1) is 0 Å². The molecule has 0 saturated carbocycles. The SMILES string of the molecule is Br.CCCCCCN(CCCCCC)CC(CCCCCC)(CCCCCC)N(CCCCCC)CCCCCC. The number of hydrogen-bond donors (Lipinski definition) is 0. The minimum absolute atomic E-state index is 0. The van der Waals surface area contributed by atoms with E-state index in [1.165, 1.54) is 200 Å². The molecule has 2 nitrogen and oxygen atoms in total. The van der Waals surface area contributed by atoms with Crippen LogP contribution in [-0.2, 0) is 0 Å². The molecule has 0 radical (unpaired) electrons. The minimum Gasteiger partial charge on any atom is -0.301 e. The quantitative estimate of drug-likeness (QED) is 0.0655. The summed E-state index contributed by atoms with van der Waals surface area (Å²) in [7, 11) is 0. The summed E-state index contributed by atoms with van der Waals surface area (Å²) < 4.78 is 0. The topological polar surface area (TPSA) is 6.48 Å². The summed E-state index contributed by atoms with van der Waals surface area (Å²) >= 11 is 0. The third kappa shape index (κ3) is 24.4. The fourth-order valence-corrected chi connectivity index (χ4v) is 6.72. The maximum Gasteiger partial charge on any atom is 0.0336 e. The Morgan fingerprint density at radius 3 is 0.951 bits per heavy atom. The van der Waals surface area contributed by atoms with E-state index in [0.29, 0.717) is 5.54 Å². The van der Waals surface area contributed by atoms with Crippen molar-refractivity contribution in [2.24, 2.45) is 0 Å². The third-order valence-corrected chi connectivity index (χ3v) is 9.40. The standard InChI is InChI=1S/C38H80N2.BrH/c1-7-13-19-25-31-38(32-26-20-14-8-2,40(35-29-23-17-11-5)36-30-24-18-12-6)37-39(33-27-21-15-9-3)34-28-22-16-10-4;/h7-37H2,1-6H3;1H. The zero-order chi connectivity index (χ0) is 29.6. The zero-order valence-electron chi connectivity index (χ0n) is 29.7. The zero-order valence-corrected chi connectivity index (χ0v) is 31.4. The molecular weight excluding hydrogens is 564 g/mol. The van der Waals surface area contributed by atoms with E-state index in [4.69, 9.17) is 0 Å². The maximum atomic E-state index is 3.11. The number of unbranched alkanes of at least 4 members (excludes halogenated alkanes) is 18. The predicted molar refractivity (Wildman–Crippen MR) is 195 cm³/mol. The minimum atomic E-state index is 0. The molecule has 0 fully saturated rings. The molecular formula is C38H81BrN2. The largest absolute Gasteiger partial charge is 0.301 e. The van der Waals surface area contributed by atoms with Gasteiger partial charge in [0, 0.05) is 12.1 Å². The molecule has 250 valence electrons. The van der Waals surface area contributed by atoms with Crippen molar-refractivity contribution in [1.82, 2.24) is 9.80 Å². The first-order valence-electron chi connectivity index (χ1n) is 19.1. The normalized spacial score (nSPS) is 12.0. The molecule has 0 spiro atoms. The smallest absolute Gasteiger partial charge is 0.0336 e. The van der Waals surface area contributed by atoms with Crippen LogP contribution in [0.5, 0.6) is 0 Å². The lowest BCUT2D eigenvalue weighted by atomic mass is 9.83. The van der Waals surface area contributed by atoms with Crippen LogP contribution in [0.1, 0.15) is 208 Å². The van der Waals surface area contributed by atoms with Gasteiger partial charge in [0.1, 0.15) is 0 Å². The fraction of sp³-hybridized carbons (Fsp3) is 1.00. The summed E-state index contributed by atoms with van der Waals surface area (Å²) in [5, 5.41) is 0. The molecule has 0 atom stereocenters. The lowest BCUT2D eigenvalue weighted by Crippen LogP contribution is -2.56. The van der Waals surface area contributed by atoms with E-state index in [0.717, 1.165) is 0 Å². The van der Waals surface area contributed by atoms with E-state index in [2.05, 4.69) is 51.3 Å². The van der Waals surface area contributed by atoms with Crippen molar-refractivity contribution in [3.63, 3.8) is 0 Å². The summed E-state index contributed by atoms with van der Waals surface area (Å²) in [6.07, 6.45) is 36.4. The average molecular weight is 646 g/mol. The van der Waals surface area contributed by atoms with E-state index in [-0.39, 0.29) is 17.0 Å². The van der Waals surface area contributed by atoms with Gasteiger partial charge in [-0.3, -0.25) is 4.90 Å². The van der Waals surface area contributed by atoms with Crippen molar-refractivity contribution < 1.29 is 0 Å². The second-order valence-corrected chi connectivity index (χ2v) is 13.4. The van der Waals surface area contributed by atoms with Crippen molar-refractivity contribution in [3.05, 3.63) is 0 Å². The van der Waals surface area contributed by atoms with Crippen molar-refractivity contribution >= 4 is 17.0 Å². The van der Waals surface area contributed by atoms with Gasteiger partial charge in [-0.25, -0.2) is 0 Å². The van der Waals surface area contributed by atoms with E-state index >= 15 is 0 Å². The molecule has 0 aliphatic heterocycles. The van der Waals surface area contributed by atoms with Crippen LogP contribution in [0.25, 0.3) is 0 Å². The van der Waals surface area contributed by atoms with Crippen LogP contribution < -0.4 is 0 Å². The van der Waals surface area contributed by atoms with Crippen LogP contribution >= 0.6 is 17.0 Å². The summed E-state index contributed by atoms with van der Waals surface area (Å²) in [5.74, 6) is 0. The number of halogens is 1. The van der Waals surface area contributed by atoms with Gasteiger partial charge in [-0.2, -0.15) is 0 Å². The van der Waals surface area contributed by atoms with Crippen molar-refractivity contribution in [1.29, 1.82) is 0 Å². The molecule has 0 heterocycles. The number of hydrogen-bond acceptors (Lipinski definition) is 2. The lowest BCUT2D eigenvalue weighted by Gasteiger charge is -2.48. The maximum absolute atomic E-state index is 3.11. The molecule has 0 unspecified atom stereocenters. The highest BCUT2D eigenvalue weighted by molar-refractivity contribution is 8.93. The molecule has 0 rings (SSSR count). The molecule has 0 aromatic carbocycles. The third-order valence-electron chi connectivity index (χ3n) is 9.40. The van der Waals surface area contributed by atoms with Gasteiger partial charge < -0.3 is 4.90 Å². The van der Waals surface area contributed by atoms with Crippen molar-refractivity contribution in [2.45, 2.75) is 214 Å². The molecule has 0 N–H and O–H groups in total. The summed E-state index contributed by atoms with van der Waals surface area (Å²) in [6, 6.07) is 0. The van der Waals surface area contributed by atoms with Gasteiger partial charge in [-0.15, -0.1) is 17.0 Å². The van der Waals surface area contributed by atoms with Crippen LogP contribution in [-0.4, -0.2) is 48.1 Å². The van der Waals surface area contributed by atoms with Gasteiger partial charge in [-0.1, -0.05) is 170 Å². The number of nitrogens with zero attached hydrogens (tertiary/aromatic N) is 2. The Kier molecular flexibility index (Phi) is 35.3. The lowest BCUT2D eigenvalue weighted by molar-refractivity contribution is 0.0230. The Labute approximate surface area is 272 Å². The van der Waals surface area contributed by atoms with Crippen molar-refractivity contribution in [2.75, 3.05) is 32.7 Å². The predicted octanol–water partition coefficient (Wildman–Crippen LogP) is 13.2. The monoisotopic (exact) mass is 645 g/mol. The molecule has 0 saturated heterocycles. The Hall–Kier alpha value is 0.400. The van der Waals surface area contributed by atoms with Gasteiger partial charge in [0.25, 0.3) is 0 Å². The van der Waals surface area contributed by atoms with Gasteiger partial charge in [0.05, 0.1) is 0 Å². The fourth-order valence-electron chi connectivity index (χ4n) is 6.72. The van der Waals surface area contributed by atoms with Crippen LogP contribution in [0.15, 0.2) is 0 Å². The summed E-state index contributed by atoms with van der Waals surface area (Å²) in [5.41, 5.74) is 0.384. The van der Waals surface area contributed by atoms with E-state index in [1.807, 2.05) is 0 Å². The van der Waals surface area contributed by atoms with Gasteiger partial charge in [0.15, 0.2) is 0 Å². The number of rotatable bonds is 33. The molecule has 0 bridgehead atoms. The first-order valence-corrected chi connectivity index (χ1v) is 19.1. The summed E-state index contributed by atoms with van der Waals surface area (Å²) in [4.78, 5) is 6.09. The molecule has 0 aromatic rings. The first-order chi connectivity index (χ1) is 19.6. The Morgan fingerprint density at radius 1 is 0.341 bits per heavy atom. The Balaban J connectivity index is 0. The molecule has 41 heavy (non-hydrogen) atoms. The molecule has 0 aromatic heterocycles. The Bertz CT molecular complexity index is 447. The Morgan fingerprint density at radius 2 is 0.634 bits per heavy atom. The van der Waals surface area contributed by atoms with Crippen LogP contribution in [0.2, 0.25) is 0 Å². The van der Waals surface area contributed by atoms with E-state index in [9.17, 15) is 0 Å². The molecule has 0 aliphatic rings.